The van der Waals surface area contributed by atoms with E-state index < -0.39 is 0 Å². The predicted molar refractivity (Wildman–Crippen MR) is 77.9 cm³/mol. The van der Waals surface area contributed by atoms with E-state index in [9.17, 15) is 0 Å². The van der Waals surface area contributed by atoms with Crippen molar-refractivity contribution in [3.63, 3.8) is 0 Å². The van der Waals surface area contributed by atoms with Crippen LogP contribution in [0.3, 0.4) is 0 Å². The molecule has 0 fully saturated rings. The fourth-order valence-electron chi connectivity index (χ4n) is 2.03. The van der Waals surface area contributed by atoms with Gasteiger partial charge in [0.05, 0.1) is 24.3 Å². The molecule has 100 valence electrons. The first-order valence-electron chi connectivity index (χ1n) is 6.06. The molecule has 0 saturated carbocycles. The van der Waals surface area contributed by atoms with E-state index in [1.165, 1.54) is 23.0 Å². The Kier molecular flexibility index (Phi) is 4.16. The van der Waals surface area contributed by atoms with Crippen LogP contribution < -0.4 is 5.43 Å². The van der Waals surface area contributed by atoms with Crippen molar-refractivity contribution in [3.05, 3.63) is 40.1 Å². The van der Waals surface area contributed by atoms with E-state index in [4.69, 9.17) is 11.6 Å². The van der Waals surface area contributed by atoms with E-state index in [-0.39, 0.29) is 0 Å². The van der Waals surface area contributed by atoms with Crippen LogP contribution in [0.5, 0.6) is 0 Å². The highest BCUT2D eigenvalue weighted by Gasteiger charge is 2.07. The fraction of sp³-hybridized carbons (Fsp3) is 0.308. The van der Waals surface area contributed by atoms with E-state index >= 15 is 0 Å². The summed E-state index contributed by atoms with van der Waals surface area (Å²) in [7, 11) is 0. The van der Waals surface area contributed by atoms with E-state index in [0.717, 1.165) is 12.1 Å². The van der Waals surface area contributed by atoms with Crippen molar-refractivity contribution < 1.29 is 0 Å². The molecule has 0 bridgehead atoms. The minimum Gasteiger partial charge on any atom is -0.357 e. The van der Waals surface area contributed by atoms with Crippen LogP contribution in [0.2, 0.25) is 5.15 Å². The van der Waals surface area contributed by atoms with E-state index in [0.29, 0.717) is 11.0 Å². The van der Waals surface area contributed by atoms with E-state index in [1.54, 1.807) is 12.4 Å². The van der Waals surface area contributed by atoms with Crippen LogP contribution in [0.1, 0.15) is 29.4 Å². The Morgan fingerprint density at radius 1 is 1.42 bits per heavy atom. The third-order valence-corrected chi connectivity index (χ3v) is 3.15. The maximum atomic E-state index is 5.74. The van der Waals surface area contributed by atoms with Gasteiger partial charge in [-0.05, 0) is 31.4 Å². The second kappa shape index (κ2) is 5.84. The van der Waals surface area contributed by atoms with Crippen LogP contribution in [0, 0.1) is 13.8 Å². The second-order valence-corrected chi connectivity index (χ2v) is 4.61. The van der Waals surface area contributed by atoms with Gasteiger partial charge in [0.15, 0.2) is 5.82 Å². The number of aromatic nitrogens is 3. The minimum atomic E-state index is 0.334. The number of H-pyrrole nitrogens is 1. The summed E-state index contributed by atoms with van der Waals surface area (Å²) < 4.78 is 0. The molecule has 5 nitrogen and oxygen atoms in total. The molecule has 0 aromatic carbocycles. The zero-order valence-electron chi connectivity index (χ0n) is 11.2. The van der Waals surface area contributed by atoms with Gasteiger partial charge in [0.1, 0.15) is 5.15 Å². The first-order valence-corrected chi connectivity index (χ1v) is 6.44. The lowest BCUT2D eigenvalue weighted by Crippen LogP contribution is -1.95. The normalized spacial score (nSPS) is 11.2. The van der Waals surface area contributed by atoms with Gasteiger partial charge < -0.3 is 4.98 Å². The zero-order valence-corrected chi connectivity index (χ0v) is 11.9. The quantitative estimate of drug-likeness (QED) is 0.667. The van der Waals surface area contributed by atoms with Gasteiger partial charge in [-0.15, -0.1) is 0 Å². The van der Waals surface area contributed by atoms with Crippen molar-refractivity contribution in [1.82, 2.24) is 15.0 Å². The Bertz CT molecular complexity index is 603. The first kappa shape index (κ1) is 13.5. The number of nitrogens with one attached hydrogen (secondary N) is 2. The summed E-state index contributed by atoms with van der Waals surface area (Å²) >= 11 is 5.74. The average molecular weight is 278 g/mol. The molecule has 2 aromatic heterocycles. The molecular formula is C13H16ClN5. The number of aryl methyl sites for hydroxylation is 1. The van der Waals surface area contributed by atoms with E-state index in [1.807, 2.05) is 0 Å². The van der Waals surface area contributed by atoms with Gasteiger partial charge in [-0.1, -0.05) is 18.5 Å². The lowest BCUT2D eigenvalue weighted by Gasteiger charge is -1.98. The van der Waals surface area contributed by atoms with Crippen molar-refractivity contribution in [3.8, 4) is 0 Å². The van der Waals surface area contributed by atoms with Gasteiger partial charge in [0.2, 0.25) is 0 Å². The predicted octanol–water partition coefficient (Wildman–Crippen LogP) is 3.08. The van der Waals surface area contributed by atoms with Gasteiger partial charge >= 0.3 is 0 Å². The molecule has 0 amide bonds. The number of hydrazone groups is 1. The van der Waals surface area contributed by atoms with Crippen molar-refractivity contribution in [2.24, 2.45) is 5.10 Å². The highest BCUT2D eigenvalue weighted by Crippen LogP contribution is 2.16. The topological polar surface area (TPSA) is 66.0 Å². The lowest BCUT2D eigenvalue weighted by molar-refractivity contribution is 1.08. The Hall–Kier alpha value is -1.88. The van der Waals surface area contributed by atoms with Gasteiger partial charge in [-0.3, -0.25) is 10.4 Å². The molecule has 2 aromatic rings. The molecule has 0 radical (unpaired) electrons. The highest BCUT2D eigenvalue weighted by atomic mass is 35.5. The molecule has 0 aliphatic carbocycles. The number of anilines is 1. The summed E-state index contributed by atoms with van der Waals surface area (Å²) in [5, 5.41) is 4.47. The van der Waals surface area contributed by atoms with Crippen LogP contribution in [0.25, 0.3) is 0 Å². The third kappa shape index (κ3) is 3.12. The van der Waals surface area contributed by atoms with Crippen LogP contribution in [-0.2, 0) is 6.42 Å². The van der Waals surface area contributed by atoms with Crippen molar-refractivity contribution in [2.45, 2.75) is 27.2 Å². The molecule has 0 spiro atoms. The molecule has 0 saturated heterocycles. The van der Waals surface area contributed by atoms with Crippen LogP contribution >= 0.6 is 11.6 Å². The number of halogens is 1. The lowest BCUT2D eigenvalue weighted by atomic mass is 10.1. The number of hydrogen-bond donors (Lipinski definition) is 2. The average Bonchev–Trinajstić information content (AvgIpc) is 2.64. The van der Waals surface area contributed by atoms with E-state index in [2.05, 4.69) is 46.3 Å². The molecule has 2 rings (SSSR count). The SMILES string of the molecule is CCc1c(C)[nH]c(/C=N\Nc2cncc(Cl)n2)c1C. The summed E-state index contributed by atoms with van der Waals surface area (Å²) in [6.07, 6.45) is 5.79. The standard InChI is InChI=1S/C13H16ClN5/c1-4-10-8(2)11(17-9(10)3)5-16-19-13-7-15-6-12(14)18-13/h5-7,17H,4H2,1-3H3,(H,18,19)/b16-5-. The number of aromatic amines is 1. The van der Waals surface area contributed by atoms with Gasteiger partial charge in [0, 0.05) is 5.69 Å². The molecule has 19 heavy (non-hydrogen) atoms. The molecule has 0 unspecified atom stereocenters. The smallest absolute Gasteiger partial charge is 0.166 e. The minimum absolute atomic E-state index is 0.334. The highest BCUT2D eigenvalue weighted by molar-refractivity contribution is 6.29. The Labute approximate surface area is 117 Å². The summed E-state index contributed by atoms with van der Waals surface area (Å²) in [4.78, 5) is 11.3. The molecule has 0 aliphatic rings. The van der Waals surface area contributed by atoms with Crippen molar-refractivity contribution >= 4 is 23.6 Å². The molecule has 0 aliphatic heterocycles. The molecule has 2 heterocycles. The largest absolute Gasteiger partial charge is 0.357 e. The van der Waals surface area contributed by atoms with Crippen LogP contribution in [-0.4, -0.2) is 21.2 Å². The van der Waals surface area contributed by atoms with Gasteiger partial charge in [0.25, 0.3) is 0 Å². The van der Waals surface area contributed by atoms with Gasteiger partial charge in [-0.2, -0.15) is 5.10 Å². The summed E-state index contributed by atoms with van der Waals surface area (Å²) in [6.45, 7) is 6.30. The van der Waals surface area contributed by atoms with Crippen molar-refractivity contribution in [2.75, 3.05) is 5.43 Å². The molecule has 2 N–H and O–H groups in total. The number of nitrogens with zero attached hydrogens (tertiary/aromatic N) is 3. The monoisotopic (exact) mass is 277 g/mol. The molecular weight excluding hydrogens is 262 g/mol. The Morgan fingerprint density at radius 2 is 2.21 bits per heavy atom. The zero-order chi connectivity index (χ0) is 13.8. The summed E-state index contributed by atoms with van der Waals surface area (Å²) in [5.74, 6) is 0.514. The first-order chi connectivity index (χ1) is 9.11. The number of hydrogen-bond acceptors (Lipinski definition) is 4. The van der Waals surface area contributed by atoms with Crippen molar-refractivity contribution in [1.29, 1.82) is 0 Å². The fourth-order valence-corrected chi connectivity index (χ4v) is 2.18. The second-order valence-electron chi connectivity index (χ2n) is 4.22. The molecule has 0 atom stereocenters. The third-order valence-electron chi connectivity index (χ3n) is 2.96. The maximum absolute atomic E-state index is 5.74. The maximum Gasteiger partial charge on any atom is 0.166 e. The van der Waals surface area contributed by atoms with Crippen LogP contribution in [0.4, 0.5) is 5.82 Å². The molecule has 6 heteroatoms. The Morgan fingerprint density at radius 3 is 2.84 bits per heavy atom. The Balaban J connectivity index is 2.11. The number of rotatable bonds is 4. The summed E-state index contributed by atoms with van der Waals surface area (Å²) in [6, 6.07) is 0. The summed E-state index contributed by atoms with van der Waals surface area (Å²) in [5.41, 5.74) is 7.54. The van der Waals surface area contributed by atoms with Crippen LogP contribution in [0.15, 0.2) is 17.5 Å². The van der Waals surface area contributed by atoms with Gasteiger partial charge in [-0.25, -0.2) is 4.98 Å².